The Morgan fingerprint density at radius 1 is 1.03 bits per heavy atom. The van der Waals surface area contributed by atoms with Gasteiger partial charge >= 0.3 is 0 Å². The van der Waals surface area contributed by atoms with Gasteiger partial charge in [-0.15, -0.1) is 0 Å². The third kappa shape index (κ3) is 3.47. The molecule has 6 nitrogen and oxygen atoms in total. The third-order valence-electron chi connectivity index (χ3n) is 5.47. The van der Waals surface area contributed by atoms with Crippen LogP contribution in [0.5, 0.6) is 0 Å². The highest BCUT2D eigenvalue weighted by Crippen LogP contribution is 2.41. The smallest absolute Gasteiger partial charge is 0.300 e. The molecule has 1 aliphatic heterocycles. The molecule has 1 N–H and O–H groups in total. The van der Waals surface area contributed by atoms with Gasteiger partial charge in [0, 0.05) is 17.4 Å². The van der Waals surface area contributed by atoms with Gasteiger partial charge in [0.15, 0.2) is 0 Å². The van der Waals surface area contributed by atoms with E-state index in [1.54, 1.807) is 60.8 Å². The maximum atomic E-state index is 13.1. The average molecular weight is 409 g/mol. The van der Waals surface area contributed by atoms with Crippen LogP contribution in [0.2, 0.25) is 0 Å². The van der Waals surface area contributed by atoms with Crippen molar-refractivity contribution in [2.45, 2.75) is 19.9 Å². The largest absolute Gasteiger partial charge is 0.507 e. The van der Waals surface area contributed by atoms with Gasteiger partial charge in [0.05, 0.1) is 22.9 Å². The van der Waals surface area contributed by atoms with Crippen LogP contribution in [0.15, 0.2) is 72.4 Å². The zero-order valence-corrected chi connectivity index (χ0v) is 17.0. The van der Waals surface area contributed by atoms with E-state index in [2.05, 4.69) is 4.98 Å². The number of aliphatic hydroxyl groups excluding tert-OH is 1. The Bertz CT molecular complexity index is 1260. The Morgan fingerprint density at radius 3 is 2.39 bits per heavy atom. The summed E-state index contributed by atoms with van der Waals surface area (Å²) in [7, 11) is 0. The lowest BCUT2D eigenvalue weighted by Crippen LogP contribution is -2.29. The van der Waals surface area contributed by atoms with Crippen LogP contribution in [0.3, 0.4) is 0 Å². The number of aryl methyl sites for hydroxylation is 2. The molecule has 1 amide bonds. The molecule has 0 aliphatic carbocycles. The molecule has 1 aromatic heterocycles. The molecule has 0 saturated carbocycles. The monoisotopic (exact) mass is 409 g/mol. The number of Topliss-reactive ketones (excluding diaryl/α,β-unsaturated/α-hetero) is 1. The lowest BCUT2D eigenvalue weighted by atomic mass is 9.96. The maximum absolute atomic E-state index is 13.1. The van der Waals surface area contributed by atoms with E-state index in [9.17, 15) is 14.7 Å². The third-order valence-corrected chi connectivity index (χ3v) is 5.47. The fourth-order valence-electron chi connectivity index (χ4n) is 3.66. The van der Waals surface area contributed by atoms with Crippen LogP contribution in [0, 0.1) is 25.2 Å². The number of pyridine rings is 1. The summed E-state index contributed by atoms with van der Waals surface area (Å²) in [5.74, 6) is -1.78. The standard InChI is InChI=1S/C25H19N3O3/c1-15-6-9-18(13-16(15)2)23(29)21-22(20-5-3-4-12-27-20)28(25(31)24(21)30)19-10-7-17(14-26)8-11-19/h3-13,22,29H,1-2H3/b23-21-. The molecular weight excluding hydrogens is 390 g/mol. The molecule has 31 heavy (non-hydrogen) atoms. The molecule has 0 bridgehead atoms. The zero-order valence-electron chi connectivity index (χ0n) is 17.0. The molecule has 3 aromatic rings. The number of rotatable bonds is 3. The van der Waals surface area contributed by atoms with Gasteiger partial charge in [-0.3, -0.25) is 19.5 Å². The molecule has 1 saturated heterocycles. The fraction of sp³-hybridized carbons (Fsp3) is 0.120. The molecule has 4 rings (SSSR count). The number of hydrogen-bond donors (Lipinski definition) is 1. The highest BCUT2D eigenvalue weighted by atomic mass is 16.3. The summed E-state index contributed by atoms with van der Waals surface area (Å²) in [6.07, 6.45) is 1.57. The first kappa shape index (κ1) is 20.0. The van der Waals surface area contributed by atoms with Gasteiger partial charge in [0.25, 0.3) is 11.7 Å². The number of benzene rings is 2. The van der Waals surface area contributed by atoms with Gasteiger partial charge in [0.2, 0.25) is 0 Å². The van der Waals surface area contributed by atoms with Crippen molar-refractivity contribution in [3.05, 3.63) is 100 Å². The van der Waals surface area contributed by atoms with Crippen molar-refractivity contribution in [1.82, 2.24) is 4.98 Å². The quantitative estimate of drug-likeness (QED) is 0.398. The van der Waals surface area contributed by atoms with E-state index in [0.717, 1.165) is 11.1 Å². The van der Waals surface area contributed by atoms with E-state index in [1.165, 1.54) is 4.90 Å². The molecule has 6 heteroatoms. The van der Waals surface area contributed by atoms with Crippen molar-refractivity contribution in [2.75, 3.05) is 4.90 Å². The number of carbonyl (C=O) groups excluding carboxylic acids is 2. The summed E-state index contributed by atoms with van der Waals surface area (Å²) in [6.45, 7) is 3.87. The van der Waals surface area contributed by atoms with E-state index >= 15 is 0 Å². The minimum Gasteiger partial charge on any atom is -0.507 e. The summed E-state index contributed by atoms with van der Waals surface area (Å²) in [5.41, 5.74) is 3.78. The van der Waals surface area contributed by atoms with E-state index in [1.807, 2.05) is 26.0 Å². The van der Waals surface area contributed by atoms with Crippen molar-refractivity contribution in [3.8, 4) is 6.07 Å². The first-order chi connectivity index (χ1) is 14.9. The van der Waals surface area contributed by atoms with Gasteiger partial charge < -0.3 is 5.11 Å². The topological polar surface area (TPSA) is 94.3 Å². The summed E-state index contributed by atoms with van der Waals surface area (Å²) in [6, 6.07) is 18.1. The molecule has 152 valence electrons. The average Bonchev–Trinajstić information content (AvgIpc) is 3.06. The molecule has 0 spiro atoms. The predicted octanol–water partition coefficient (Wildman–Crippen LogP) is 4.20. The zero-order chi connectivity index (χ0) is 22.1. The van der Waals surface area contributed by atoms with Crippen LogP contribution in [-0.4, -0.2) is 21.8 Å². The fourth-order valence-corrected chi connectivity index (χ4v) is 3.66. The number of anilines is 1. The Hall–Kier alpha value is -4.24. The van der Waals surface area contributed by atoms with Crippen LogP contribution < -0.4 is 4.90 Å². The number of amides is 1. The van der Waals surface area contributed by atoms with E-state index in [0.29, 0.717) is 22.5 Å². The molecule has 1 unspecified atom stereocenters. The number of aromatic nitrogens is 1. The Morgan fingerprint density at radius 2 is 1.77 bits per heavy atom. The van der Waals surface area contributed by atoms with Crippen LogP contribution in [0.1, 0.15) is 34.0 Å². The first-order valence-electron chi connectivity index (χ1n) is 9.72. The van der Waals surface area contributed by atoms with Gasteiger partial charge in [-0.1, -0.05) is 18.2 Å². The predicted molar refractivity (Wildman–Crippen MR) is 116 cm³/mol. The maximum Gasteiger partial charge on any atom is 0.300 e. The molecule has 2 heterocycles. The normalized spacial score (nSPS) is 17.6. The second kappa shape index (κ2) is 7.88. The first-order valence-corrected chi connectivity index (χ1v) is 9.72. The Kier molecular flexibility index (Phi) is 5.10. The molecule has 1 atom stereocenters. The molecule has 1 aliphatic rings. The van der Waals surface area contributed by atoms with Crippen molar-refractivity contribution in [3.63, 3.8) is 0 Å². The summed E-state index contributed by atoms with van der Waals surface area (Å²) in [4.78, 5) is 31.8. The SMILES string of the molecule is Cc1ccc(/C(O)=C2/C(=O)C(=O)N(c3ccc(C#N)cc3)C2c2ccccn2)cc1C. The second-order valence-electron chi connectivity index (χ2n) is 7.38. The van der Waals surface area contributed by atoms with Crippen molar-refractivity contribution in [1.29, 1.82) is 5.26 Å². The van der Waals surface area contributed by atoms with Gasteiger partial charge in [0.1, 0.15) is 11.8 Å². The lowest BCUT2D eigenvalue weighted by Gasteiger charge is -2.24. The molecule has 0 radical (unpaired) electrons. The van der Waals surface area contributed by atoms with E-state index in [-0.39, 0.29) is 11.3 Å². The van der Waals surface area contributed by atoms with E-state index < -0.39 is 17.7 Å². The number of carbonyl (C=O) groups is 2. The van der Waals surface area contributed by atoms with Crippen LogP contribution in [0.25, 0.3) is 5.76 Å². The van der Waals surface area contributed by atoms with Gasteiger partial charge in [-0.25, -0.2) is 0 Å². The van der Waals surface area contributed by atoms with Crippen LogP contribution >= 0.6 is 0 Å². The number of ketones is 1. The summed E-state index contributed by atoms with van der Waals surface area (Å²) >= 11 is 0. The number of nitrogens with zero attached hydrogens (tertiary/aromatic N) is 3. The number of nitriles is 1. The summed E-state index contributed by atoms with van der Waals surface area (Å²) < 4.78 is 0. The summed E-state index contributed by atoms with van der Waals surface area (Å²) in [5, 5.41) is 20.2. The van der Waals surface area contributed by atoms with E-state index in [4.69, 9.17) is 5.26 Å². The second-order valence-corrected chi connectivity index (χ2v) is 7.38. The lowest BCUT2D eigenvalue weighted by molar-refractivity contribution is -0.132. The van der Waals surface area contributed by atoms with Crippen molar-refractivity contribution < 1.29 is 14.7 Å². The highest BCUT2D eigenvalue weighted by molar-refractivity contribution is 6.51. The van der Waals surface area contributed by atoms with Gasteiger partial charge in [-0.05, 0) is 67.4 Å². The van der Waals surface area contributed by atoms with Gasteiger partial charge in [-0.2, -0.15) is 5.26 Å². The molecule has 1 fully saturated rings. The Balaban J connectivity index is 1.93. The highest BCUT2D eigenvalue weighted by Gasteiger charge is 2.47. The minimum absolute atomic E-state index is 0.0173. The van der Waals surface area contributed by atoms with Crippen molar-refractivity contribution in [2.24, 2.45) is 0 Å². The van der Waals surface area contributed by atoms with Crippen LogP contribution in [-0.2, 0) is 9.59 Å². The van der Waals surface area contributed by atoms with Crippen LogP contribution in [0.4, 0.5) is 5.69 Å². The molecular formula is C25H19N3O3. The number of aliphatic hydroxyl groups is 1. The number of hydrogen-bond acceptors (Lipinski definition) is 5. The Labute approximate surface area is 179 Å². The van der Waals surface area contributed by atoms with Crippen molar-refractivity contribution >= 4 is 23.1 Å². The molecule has 2 aromatic carbocycles. The minimum atomic E-state index is -0.893.